The van der Waals surface area contributed by atoms with Crippen LogP contribution in [0.4, 0.5) is 5.13 Å². The number of anilines is 1. The minimum Gasteiger partial charge on any atom is -0.466 e. The molecular formula is C13H13N3O4S. The van der Waals surface area contributed by atoms with Crippen molar-refractivity contribution in [1.29, 1.82) is 0 Å². The van der Waals surface area contributed by atoms with Gasteiger partial charge in [-0.2, -0.15) is 0 Å². The van der Waals surface area contributed by atoms with Crippen LogP contribution in [0, 0.1) is 0 Å². The number of amides is 1. The zero-order valence-electron chi connectivity index (χ0n) is 11.2. The number of nitrogens with one attached hydrogen (secondary N) is 2. The third-order valence-electron chi connectivity index (χ3n) is 2.44. The average molecular weight is 307 g/mol. The Morgan fingerprint density at radius 2 is 2.29 bits per heavy atom. The number of H-pyrrole nitrogens is 1. The molecule has 0 unspecified atom stereocenters. The molecule has 0 bridgehead atoms. The largest absolute Gasteiger partial charge is 0.466 e. The highest BCUT2D eigenvalue weighted by Gasteiger charge is 2.11. The number of thiazole rings is 1. The van der Waals surface area contributed by atoms with Crippen LogP contribution >= 0.6 is 11.3 Å². The van der Waals surface area contributed by atoms with Crippen molar-refractivity contribution in [2.45, 2.75) is 13.3 Å². The molecule has 0 spiro atoms. The molecule has 2 N–H and O–H groups in total. The Kier molecular flexibility index (Phi) is 4.83. The van der Waals surface area contributed by atoms with Gasteiger partial charge in [0.2, 0.25) is 5.56 Å². The van der Waals surface area contributed by atoms with Crippen molar-refractivity contribution < 1.29 is 14.3 Å². The van der Waals surface area contributed by atoms with Crippen LogP contribution in [0.2, 0.25) is 0 Å². The van der Waals surface area contributed by atoms with E-state index in [0.717, 1.165) is 0 Å². The molecule has 0 aliphatic carbocycles. The number of carbonyl (C=O) groups is 2. The van der Waals surface area contributed by atoms with Crippen LogP contribution in [-0.2, 0) is 16.0 Å². The standard InChI is InChI=1S/C13H13N3O4S/c1-2-20-11(18)6-9-7-21-13(15-9)16-12(19)8-3-4-14-10(17)5-8/h3-5,7H,2,6H2,1H3,(H,14,17)(H,15,16,19). The zero-order chi connectivity index (χ0) is 15.2. The minimum atomic E-state index is -0.432. The van der Waals surface area contributed by atoms with Gasteiger partial charge in [-0.3, -0.25) is 19.7 Å². The lowest BCUT2D eigenvalue weighted by Gasteiger charge is -2.00. The van der Waals surface area contributed by atoms with Gasteiger partial charge in [-0.25, -0.2) is 4.98 Å². The fourth-order valence-corrected chi connectivity index (χ4v) is 2.27. The maximum absolute atomic E-state index is 11.9. The number of rotatable bonds is 5. The van der Waals surface area contributed by atoms with E-state index in [1.165, 1.54) is 29.7 Å². The first kappa shape index (κ1) is 14.9. The smallest absolute Gasteiger partial charge is 0.311 e. The molecule has 0 fully saturated rings. The predicted molar refractivity (Wildman–Crippen MR) is 77.5 cm³/mol. The average Bonchev–Trinajstić information content (AvgIpc) is 2.86. The second-order valence-corrected chi connectivity index (χ2v) is 4.88. The second-order valence-electron chi connectivity index (χ2n) is 4.02. The highest BCUT2D eigenvalue weighted by molar-refractivity contribution is 7.14. The fourth-order valence-electron chi connectivity index (χ4n) is 1.56. The van der Waals surface area contributed by atoms with E-state index in [-0.39, 0.29) is 23.5 Å². The number of nitrogens with zero attached hydrogens (tertiary/aromatic N) is 1. The second kappa shape index (κ2) is 6.80. The molecule has 0 aliphatic heterocycles. The van der Waals surface area contributed by atoms with Gasteiger partial charge in [0.05, 0.1) is 18.7 Å². The quantitative estimate of drug-likeness (QED) is 0.808. The van der Waals surface area contributed by atoms with E-state index in [2.05, 4.69) is 15.3 Å². The van der Waals surface area contributed by atoms with Gasteiger partial charge in [0.25, 0.3) is 5.91 Å². The van der Waals surface area contributed by atoms with Crippen molar-refractivity contribution in [3.63, 3.8) is 0 Å². The fraction of sp³-hybridized carbons (Fsp3) is 0.231. The summed E-state index contributed by atoms with van der Waals surface area (Å²) < 4.78 is 4.82. The topological polar surface area (TPSA) is 101 Å². The molecule has 0 aromatic carbocycles. The Morgan fingerprint density at radius 3 is 3.00 bits per heavy atom. The van der Waals surface area contributed by atoms with Crippen LogP contribution in [0.25, 0.3) is 0 Å². The van der Waals surface area contributed by atoms with E-state index in [1.807, 2.05) is 0 Å². The van der Waals surface area contributed by atoms with Gasteiger partial charge in [0.15, 0.2) is 5.13 Å². The molecule has 0 saturated heterocycles. The molecule has 1 amide bonds. The Morgan fingerprint density at radius 1 is 1.48 bits per heavy atom. The van der Waals surface area contributed by atoms with E-state index < -0.39 is 5.91 Å². The van der Waals surface area contributed by atoms with Crippen LogP contribution in [0.1, 0.15) is 23.0 Å². The van der Waals surface area contributed by atoms with Crippen molar-refractivity contribution in [2.24, 2.45) is 0 Å². The van der Waals surface area contributed by atoms with Crippen molar-refractivity contribution in [3.8, 4) is 0 Å². The first-order chi connectivity index (χ1) is 10.1. The maximum atomic E-state index is 11.9. The Labute approximate surface area is 124 Å². The number of esters is 1. The van der Waals surface area contributed by atoms with Gasteiger partial charge in [0.1, 0.15) is 0 Å². The third kappa shape index (κ3) is 4.25. The minimum absolute atomic E-state index is 0.0607. The maximum Gasteiger partial charge on any atom is 0.311 e. The van der Waals surface area contributed by atoms with Gasteiger partial charge in [-0.05, 0) is 13.0 Å². The Balaban J connectivity index is 2.00. The van der Waals surface area contributed by atoms with Gasteiger partial charge < -0.3 is 9.72 Å². The lowest BCUT2D eigenvalue weighted by molar-refractivity contribution is -0.142. The third-order valence-corrected chi connectivity index (χ3v) is 3.25. The van der Waals surface area contributed by atoms with Gasteiger partial charge in [0, 0.05) is 23.2 Å². The normalized spacial score (nSPS) is 10.1. The van der Waals surface area contributed by atoms with Gasteiger partial charge in [-0.15, -0.1) is 11.3 Å². The summed E-state index contributed by atoms with van der Waals surface area (Å²) in [6.45, 7) is 2.04. The van der Waals surface area contributed by atoms with E-state index in [1.54, 1.807) is 12.3 Å². The monoisotopic (exact) mass is 307 g/mol. The molecule has 0 aliphatic rings. The SMILES string of the molecule is CCOC(=O)Cc1csc(NC(=O)c2cc[nH]c(=O)c2)n1. The molecule has 0 atom stereocenters. The molecular weight excluding hydrogens is 294 g/mol. The van der Waals surface area contributed by atoms with Crippen molar-refractivity contribution in [2.75, 3.05) is 11.9 Å². The molecule has 0 saturated carbocycles. The first-order valence-corrected chi connectivity index (χ1v) is 7.06. The van der Waals surface area contributed by atoms with E-state index in [9.17, 15) is 14.4 Å². The van der Waals surface area contributed by atoms with Crippen LogP contribution in [0.15, 0.2) is 28.5 Å². The molecule has 8 heteroatoms. The van der Waals surface area contributed by atoms with Crippen LogP contribution in [0.3, 0.4) is 0 Å². The molecule has 2 aromatic heterocycles. The molecule has 2 aromatic rings. The summed E-state index contributed by atoms with van der Waals surface area (Å²) >= 11 is 1.20. The highest BCUT2D eigenvalue weighted by Crippen LogP contribution is 2.16. The van der Waals surface area contributed by atoms with Crippen molar-refractivity contribution in [1.82, 2.24) is 9.97 Å². The summed E-state index contributed by atoms with van der Waals surface area (Å²) in [5, 5.41) is 4.61. The summed E-state index contributed by atoms with van der Waals surface area (Å²) in [6.07, 6.45) is 1.45. The Bertz CT molecular complexity index is 707. The van der Waals surface area contributed by atoms with Crippen molar-refractivity contribution in [3.05, 3.63) is 45.3 Å². The van der Waals surface area contributed by atoms with Gasteiger partial charge >= 0.3 is 5.97 Å². The van der Waals surface area contributed by atoms with E-state index in [4.69, 9.17) is 4.74 Å². The predicted octanol–water partition coefficient (Wildman–Crippen LogP) is 1.19. The lowest BCUT2D eigenvalue weighted by Crippen LogP contribution is -2.15. The lowest BCUT2D eigenvalue weighted by atomic mass is 10.2. The molecule has 110 valence electrons. The number of carbonyl (C=O) groups excluding carboxylic acids is 2. The van der Waals surface area contributed by atoms with Crippen molar-refractivity contribution >= 4 is 28.3 Å². The molecule has 7 nitrogen and oxygen atoms in total. The van der Waals surface area contributed by atoms with E-state index >= 15 is 0 Å². The number of aromatic amines is 1. The van der Waals surface area contributed by atoms with Crippen LogP contribution in [0.5, 0.6) is 0 Å². The van der Waals surface area contributed by atoms with Crippen LogP contribution < -0.4 is 10.9 Å². The number of hydrogen-bond donors (Lipinski definition) is 2. The summed E-state index contributed by atoms with van der Waals surface area (Å²) in [5.41, 5.74) is 0.408. The first-order valence-electron chi connectivity index (χ1n) is 6.18. The summed E-state index contributed by atoms with van der Waals surface area (Å²) in [4.78, 5) is 40.9. The van der Waals surface area contributed by atoms with Crippen LogP contribution in [-0.4, -0.2) is 28.5 Å². The molecule has 21 heavy (non-hydrogen) atoms. The van der Waals surface area contributed by atoms with E-state index in [0.29, 0.717) is 17.4 Å². The molecule has 2 heterocycles. The molecule has 0 radical (unpaired) electrons. The summed E-state index contributed by atoms with van der Waals surface area (Å²) in [7, 11) is 0. The number of hydrogen-bond acceptors (Lipinski definition) is 6. The van der Waals surface area contributed by atoms with Gasteiger partial charge in [-0.1, -0.05) is 0 Å². The Hall–Kier alpha value is -2.48. The number of ether oxygens (including phenoxy) is 1. The summed E-state index contributed by atoms with van der Waals surface area (Å²) in [6, 6.07) is 2.69. The number of aromatic nitrogens is 2. The molecule has 2 rings (SSSR count). The number of pyridine rings is 1. The zero-order valence-corrected chi connectivity index (χ0v) is 12.0. The highest BCUT2D eigenvalue weighted by atomic mass is 32.1. The summed E-state index contributed by atoms with van der Waals surface area (Å²) in [5.74, 6) is -0.798.